The van der Waals surface area contributed by atoms with E-state index in [1.54, 1.807) is 25.2 Å². The molecule has 98 valence electrons. The number of anilines is 2. The maximum atomic E-state index is 12.1. The number of carbonyl (C=O) groups is 1. The number of phenols is 1. The van der Waals surface area contributed by atoms with Gasteiger partial charge in [-0.15, -0.1) is 0 Å². The van der Waals surface area contributed by atoms with Gasteiger partial charge < -0.3 is 15.7 Å². The third kappa shape index (κ3) is 2.98. The lowest BCUT2D eigenvalue weighted by atomic mass is 10.1. The van der Waals surface area contributed by atoms with E-state index < -0.39 is 0 Å². The van der Waals surface area contributed by atoms with Gasteiger partial charge in [-0.05, 0) is 30.3 Å². The lowest BCUT2D eigenvalue weighted by Gasteiger charge is -2.10. The molecule has 0 aromatic heterocycles. The molecule has 2 aromatic rings. The number of amides is 1. The van der Waals surface area contributed by atoms with Gasteiger partial charge in [0.25, 0.3) is 5.91 Å². The molecule has 0 radical (unpaired) electrons. The first-order valence-electron chi connectivity index (χ1n) is 5.68. The molecule has 0 bridgehead atoms. The van der Waals surface area contributed by atoms with E-state index in [2.05, 4.69) is 10.6 Å². The second kappa shape index (κ2) is 5.63. The van der Waals surface area contributed by atoms with Gasteiger partial charge in [0.15, 0.2) is 0 Å². The van der Waals surface area contributed by atoms with Gasteiger partial charge in [0.2, 0.25) is 0 Å². The number of hydrogen-bond donors (Lipinski definition) is 3. The summed E-state index contributed by atoms with van der Waals surface area (Å²) < 4.78 is 0. The molecule has 0 aliphatic rings. The molecule has 1 amide bonds. The van der Waals surface area contributed by atoms with Crippen LogP contribution in [0.25, 0.3) is 0 Å². The SMILES string of the molecule is CNc1ccccc1C(=O)Nc1ccc(O)c(Cl)c1. The minimum absolute atomic E-state index is 0.0182. The zero-order valence-electron chi connectivity index (χ0n) is 10.3. The molecule has 0 unspecified atom stereocenters. The van der Waals surface area contributed by atoms with Gasteiger partial charge in [-0.25, -0.2) is 0 Å². The van der Waals surface area contributed by atoms with Gasteiger partial charge in [0.1, 0.15) is 5.75 Å². The zero-order valence-corrected chi connectivity index (χ0v) is 11.0. The van der Waals surface area contributed by atoms with E-state index in [9.17, 15) is 9.90 Å². The van der Waals surface area contributed by atoms with Gasteiger partial charge in [-0.2, -0.15) is 0 Å². The topological polar surface area (TPSA) is 61.4 Å². The van der Waals surface area contributed by atoms with Crippen LogP contribution >= 0.6 is 11.6 Å². The number of phenolic OH excluding ortho intramolecular Hbond substituents is 1. The lowest BCUT2D eigenvalue weighted by molar-refractivity contribution is 0.102. The molecule has 0 fully saturated rings. The van der Waals surface area contributed by atoms with E-state index in [0.717, 1.165) is 5.69 Å². The fourth-order valence-electron chi connectivity index (χ4n) is 1.68. The van der Waals surface area contributed by atoms with Crippen molar-refractivity contribution in [1.29, 1.82) is 0 Å². The largest absolute Gasteiger partial charge is 0.506 e. The van der Waals surface area contributed by atoms with Crippen LogP contribution in [-0.4, -0.2) is 18.1 Å². The molecule has 19 heavy (non-hydrogen) atoms. The predicted octanol–water partition coefficient (Wildman–Crippen LogP) is 3.34. The molecule has 0 spiro atoms. The molecule has 0 atom stereocenters. The molecule has 3 N–H and O–H groups in total. The molecule has 4 nitrogen and oxygen atoms in total. The normalized spacial score (nSPS) is 10.0. The Kier molecular flexibility index (Phi) is 3.92. The summed E-state index contributed by atoms with van der Waals surface area (Å²) in [4.78, 5) is 12.1. The van der Waals surface area contributed by atoms with Crippen molar-refractivity contribution in [3.63, 3.8) is 0 Å². The third-order valence-corrected chi connectivity index (χ3v) is 2.95. The van der Waals surface area contributed by atoms with Gasteiger partial charge in [0, 0.05) is 18.4 Å². The van der Waals surface area contributed by atoms with Gasteiger partial charge in [-0.3, -0.25) is 4.79 Å². The Hall–Kier alpha value is -2.20. The summed E-state index contributed by atoms with van der Waals surface area (Å²) in [5.74, 6) is -0.262. The van der Waals surface area contributed by atoms with Crippen molar-refractivity contribution in [1.82, 2.24) is 0 Å². The van der Waals surface area contributed by atoms with Crippen molar-refractivity contribution < 1.29 is 9.90 Å². The van der Waals surface area contributed by atoms with Crippen molar-refractivity contribution in [2.75, 3.05) is 17.7 Å². The van der Waals surface area contributed by atoms with E-state index in [1.165, 1.54) is 12.1 Å². The summed E-state index contributed by atoms with van der Waals surface area (Å²) in [6.45, 7) is 0. The van der Waals surface area contributed by atoms with Crippen LogP contribution in [-0.2, 0) is 0 Å². The second-order valence-corrected chi connectivity index (χ2v) is 4.32. The number of carbonyl (C=O) groups excluding carboxylic acids is 1. The molecule has 5 heteroatoms. The summed E-state index contributed by atoms with van der Waals surface area (Å²) in [7, 11) is 1.75. The standard InChI is InChI=1S/C14H13ClN2O2/c1-16-12-5-3-2-4-10(12)14(19)17-9-6-7-13(18)11(15)8-9/h2-8,16,18H,1H3,(H,17,19). The van der Waals surface area contributed by atoms with Crippen LogP contribution in [0.15, 0.2) is 42.5 Å². The quantitative estimate of drug-likeness (QED) is 0.754. The Morgan fingerprint density at radius 2 is 1.95 bits per heavy atom. The maximum Gasteiger partial charge on any atom is 0.257 e. The number of rotatable bonds is 3. The van der Waals surface area contributed by atoms with Crippen molar-refractivity contribution in [2.24, 2.45) is 0 Å². The Labute approximate surface area is 116 Å². The highest BCUT2D eigenvalue weighted by Crippen LogP contribution is 2.26. The van der Waals surface area contributed by atoms with Crippen LogP contribution in [0.2, 0.25) is 5.02 Å². The summed E-state index contributed by atoms with van der Waals surface area (Å²) in [5.41, 5.74) is 1.80. The van der Waals surface area contributed by atoms with Crippen LogP contribution in [0.4, 0.5) is 11.4 Å². The Morgan fingerprint density at radius 3 is 2.63 bits per heavy atom. The second-order valence-electron chi connectivity index (χ2n) is 3.92. The van der Waals surface area contributed by atoms with E-state index >= 15 is 0 Å². The van der Waals surface area contributed by atoms with Crippen molar-refractivity contribution in [3.8, 4) is 5.75 Å². The summed E-state index contributed by atoms with van der Waals surface area (Å²) in [5, 5.41) is 15.2. The van der Waals surface area contributed by atoms with Crippen LogP contribution in [0.3, 0.4) is 0 Å². The van der Waals surface area contributed by atoms with Crippen LogP contribution < -0.4 is 10.6 Å². The smallest absolute Gasteiger partial charge is 0.257 e. The number of halogens is 1. The summed E-state index contributed by atoms with van der Waals surface area (Å²) in [6.07, 6.45) is 0. The summed E-state index contributed by atoms with van der Waals surface area (Å²) >= 11 is 5.79. The fourth-order valence-corrected chi connectivity index (χ4v) is 1.86. The molecule has 2 rings (SSSR count). The average Bonchev–Trinajstić information content (AvgIpc) is 2.43. The van der Waals surface area contributed by atoms with Crippen molar-refractivity contribution in [2.45, 2.75) is 0 Å². The number of benzene rings is 2. The molecule has 0 heterocycles. The van der Waals surface area contributed by atoms with Crippen molar-refractivity contribution >= 4 is 28.9 Å². The van der Waals surface area contributed by atoms with E-state index in [4.69, 9.17) is 11.6 Å². The molecule has 0 saturated carbocycles. The van der Waals surface area contributed by atoms with Crippen LogP contribution in [0, 0.1) is 0 Å². The highest BCUT2D eigenvalue weighted by molar-refractivity contribution is 6.32. The van der Waals surface area contributed by atoms with Crippen LogP contribution in [0.1, 0.15) is 10.4 Å². The van der Waals surface area contributed by atoms with Gasteiger partial charge in [-0.1, -0.05) is 23.7 Å². The first-order valence-corrected chi connectivity index (χ1v) is 6.06. The van der Waals surface area contributed by atoms with E-state index in [1.807, 2.05) is 12.1 Å². The van der Waals surface area contributed by atoms with Gasteiger partial charge >= 0.3 is 0 Å². The number of aromatic hydroxyl groups is 1. The Balaban J connectivity index is 2.23. The van der Waals surface area contributed by atoms with E-state index in [-0.39, 0.29) is 16.7 Å². The first kappa shape index (κ1) is 13.2. The highest BCUT2D eigenvalue weighted by Gasteiger charge is 2.10. The molecule has 0 saturated heterocycles. The maximum absolute atomic E-state index is 12.1. The fraction of sp³-hybridized carbons (Fsp3) is 0.0714. The lowest BCUT2D eigenvalue weighted by Crippen LogP contribution is -2.13. The molecular formula is C14H13ClN2O2. The first-order chi connectivity index (χ1) is 9.11. The number of hydrogen-bond acceptors (Lipinski definition) is 3. The number of para-hydroxylation sites is 1. The van der Waals surface area contributed by atoms with Crippen molar-refractivity contribution in [3.05, 3.63) is 53.1 Å². The zero-order chi connectivity index (χ0) is 13.8. The van der Waals surface area contributed by atoms with E-state index in [0.29, 0.717) is 11.3 Å². The predicted molar refractivity (Wildman–Crippen MR) is 77.1 cm³/mol. The minimum atomic E-state index is -0.244. The molecule has 0 aliphatic heterocycles. The van der Waals surface area contributed by atoms with Crippen LogP contribution in [0.5, 0.6) is 5.75 Å². The molecule has 2 aromatic carbocycles. The Bertz CT molecular complexity index is 614. The Morgan fingerprint density at radius 1 is 1.21 bits per heavy atom. The highest BCUT2D eigenvalue weighted by atomic mass is 35.5. The number of nitrogens with one attached hydrogen (secondary N) is 2. The average molecular weight is 277 g/mol. The van der Waals surface area contributed by atoms with Gasteiger partial charge in [0.05, 0.1) is 10.6 Å². The minimum Gasteiger partial charge on any atom is -0.506 e. The monoisotopic (exact) mass is 276 g/mol. The molecule has 0 aliphatic carbocycles. The molecular weight excluding hydrogens is 264 g/mol. The third-order valence-electron chi connectivity index (χ3n) is 2.65. The summed E-state index contributed by atoms with van der Waals surface area (Å²) in [6, 6.07) is 11.7.